The maximum atomic E-state index is 12.1. The number of amides is 1. The van der Waals surface area contributed by atoms with Crippen molar-refractivity contribution in [1.82, 2.24) is 5.32 Å². The molecular formula is C16H15NO4. The number of carbonyl (C=O) groups excluding carboxylic acids is 1. The first kappa shape index (κ1) is 13.3. The second-order valence-electron chi connectivity index (χ2n) is 4.60. The van der Waals surface area contributed by atoms with Gasteiger partial charge < -0.3 is 19.5 Å². The van der Waals surface area contributed by atoms with E-state index in [0.29, 0.717) is 23.6 Å². The standard InChI is InChI=1S/C16H15NO4/c1-19-13-5-2-11(3-6-13)9-17-16(18)12-4-7-14-15(8-12)21-10-20-14/h2-8H,9-10H2,1H3,(H,17,18). The van der Waals surface area contributed by atoms with Gasteiger partial charge in [-0.25, -0.2) is 0 Å². The summed E-state index contributed by atoms with van der Waals surface area (Å²) in [7, 11) is 1.62. The number of fused-ring (bicyclic) bond motifs is 1. The van der Waals surface area contributed by atoms with E-state index in [1.54, 1.807) is 25.3 Å². The quantitative estimate of drug-likeness (QED) is 0.937. The molecule has 0 atom stereocenters. The lowest BCUT2D eigenvalue weighted by Gasteiger charge is -2.07. The molecule has 1 N–H and O–H groups in total. The highest BCUT2D eigenvalue weighted by Crippen LogP contribution is 2.32. The maximum absolute atomic E-state index is 12.1. The molecule has 1 heterocycles. The highest BCUT2D eigenvalue weighted by molar-refractivity contribution is 5.94. The first-order valence-electron chi connectivity index (χ1n) is 6.57. The highest BCUT2D eigenvalue weighted by Gasteiger charge is 2.15. The lowest BCUT2D eigenvalue weighted by molar-refractivity contribution is 0.0950. The van der Waals surface area contributed by atoms with E-state index < -0.39 is 0 Å². The Hall–Kier alpha value is -2.69. The zero-order chi connectivity index (χ0) is 14.7. The third kappa shape index (κ3) is 2.91. The molecule has 0 radical (unpaired) electrons. The van der Waals surface area contributed by atoms with Gasteiger partial charge in [0.05, 0.1) is 7.11 Å². The Bertz CT molecular complexity index is 652. The number of methoxy groups -OCH3 is 1. The van der Waals surface area contributed by atoms with Crippen LogP contribution < -0.4 is 19.5 Å². The second-order valence-corrected chi connectivity index (χ2v) is 4.60. The number of hydrogen-bond donors (Lipinski definition) is 1. The van der Waals surface area contributed by atoms with E-state index >= 15 is 0 Å². The number of benzene rings is 2. The van der Waals surface area contributed by atoms with Gasteiger partial charge in [-0.3, -0.25) is 4.79 Å². The first-order chi connectivity index (χ1) is 10.3. The van der Waals surface area contributed by atoms with Crippen LogP contribution in [0.4, 0.5) is 0 Å². The zero-order valence-electron chi connectivity index (χ0n) is 11.6. The van der Waals surface area contributed by atoms with Crippen LogP contribution >= 0.6 is 0 Å². The van der Waals surface area contributed by atoms with Gasteiger partial charge in [-0.1, -0.05) is 12.1 Å². The third-order valence-electron chi connectivity index (χ3n) is 3.25. The van der Waals surface area contributed by atoms with E-state index in [9.17, 15) is 4.79 Å². The summed E-state index contributed by atoms with van der Waals surface area (Å²) in [5, 5.41) is 2.87. The lowest BCUT2D eigenvalue weighted by Crippen LogP contribution is -2.22. The molecule has 0 spiro atoms. The lowest BCUT2D eigenvalue weighted by atomic mass is 10.1. The molecule has 0 aromatic heterocycles. The predicted octanol–water partition coefficient (Wildman–Crippen LogP) is 2.35. The molecule has 1 amide bonds. The normalized spacial score (nSPS) is 12.0. The van der Waals surface area contributed by atoms with Crippen LogP contribution in [0, 0.1) is 0 Å². The molecule has 0 aliphatic carbocycles. The molecule has 21 heavy (non-hydrogen) atoms. The summed E-state index contributed by atoms with van der Waals surface area (Å²) in [6.07, 6.45) is 0. The fraction of sp³-hybridized carbons (Fsp3) is 0.188. The van der Waals surface area contributed by atoms with Gasteiger partial charge in [0.1, 0.15) is 5.75 Å². The van der Waals surface area contributed by atoms with E-state index in [1.807, 2.05) is 24.3 Å². The number of ether oxygens (including phenoxy) is 3. The van der Waals surface area contributed by atoms with Crippen LogP contribution in [-0.2, 0) is 6.54 Å². The van der Waals surface area contributed by atoms with Gasteiger partial charge in [-0.15, -0.1) is 0 Å². The first-order valence-corrected chi connectivity index (χ1v) is 6.57. The summed E-state index contributed by atoms with van der Waals surface area (Å²) < 4.78 is 15.6. The van der Waals surface area contributed by atoms with Crippen LogP contribution in [-0.4, -0.2) is 19.8 Å². The van der Waals surface area contributed by atoms with E-state index in [-0.39, 0.29) is 12.7 Å². The summed E-state index contributed by atoms with van der Waals surface area (Å²) in [4.78, 5) is 12.1. The van der Waals surface area contributed by atoms with Crippen molar-refractivity contribution in [3.8, 4) is 17.2 Å². The van der Waals surface area contributed by atoms with Crippen LogP contribution in [0.5, 0.6) is 17.2 Å². The average Bonchev–Trinajstić information content (AvgIpc) is 3.00. The minimum atomic E-state index is -0.149. The SMILES string of the molecule is COc1ccc(CNC(=O)c2ccc3c(c2)OCO3)cc1. The minimum absolute atomic E-state index is 0.149. The van der Waals surface area contributed by atoms with Crippen LogP contribution in [0.15, 0.2) is 42.5 Å². The number of nitrogens with one attached hydrogen (secondary N) is 1. The molecule has 0 saturated carbocycles. The average molecular weight is 285 g/mol. The van der Waals surface area contributed by atoms with Crippen LogP contribution in [0.2, 0.25) is 0 Å². The molecule has 3 rings (SSSR count). The van der Waals surface area contributed by atoms with Crippen molar-refractivity contribution in [2.24, 2.45) is 0 Å². The fourth-order valence-corrected chi connectivity index (χ4v) is 2.07. The van der Waals surface area contributed by atoms with Gasteiger partial charge in [0, 0.05) is 12.1 Å². The highest BCUT2D eigenvalue weighted by atomic mass is 16.7. The van der Waals surface area contributed by atoms with Gasteiger partial charge in [0.25, 0.3) is 5.91 Å². The van der Waals surface area contributed by atoms with Gasteiger partial charge in [0.2, 0.25) is 6.79 Å². The van der Waals surface area contributed by atoms with Crippen LogP contribution in [0.25, 0.3) is 0 Å². The number of hydrogen-bond acceptors (Lipinski definition) is 4. The van der Waals surface area contributed by atoms with Crippen molar-refractivity contribution in [2.75, 3.05) is 13.9 Å². The van der Waals surface area contributed by atoms with Crippen molar-refractivity contribution in [2.45, 2.75) is 6.54 Å². The van der Waals surface area contributed by atoms with Crippen molar-refractivity contribution in [3.05, 3.63) is 53.6 Å². The topological polar surface area (TPSA) is 56.8 Å². The van der Waals surface area contributed by atoms with Gasteiger partial charge in [0.15, 0.2) is 11.5 Å². The third-order valence-corrected chi connectivity index (χ3v) is 3.25. The Labute approximate surface area is 122 Å². The van der Waals surface area contributed by atoms with Crippen molar-refractivity contribution >= 4 is 5.91 Å². The fourth-order valence-electron chi connectivity index (χ4n) is 2.07. The predicted molar refractivity (Wildman–Crippen MR) is 76.7 cm³/mol. The molecule has 0 fully saturated rings. The van der Waals surface area contributed by atoms with E-state index in [4.69, 9.17) is 14.2 Å². The molecular weight excluding hydrogens is 270 g/mol. The van der Waals surface area contributed by atoms with E-state index in [0.717, 1.165) is 11.3 Å². The zero-order valence-corrected chi connectivity index (χ0v) is 11.6. The Morgan fingerprint density at radius 3 is 2.67 bits per heavy atom. The molecule has 1 aliphatic heterocycles. The Balaban J connectivity index is 1.63. The summed E-state index contributed by atoms with van der Waals surface area (Å²) in [6, 6.07) is 12.7. The number of carbonyl (C=O) groups is 1. The summed E-state index contributed by atoms with van der Waals surface area (Å²) >= 11 is 0. The minimum Gasteiger partial charge on any atom is -0.497 e. The molecule has 108 valence electrons. The molecule has 5 nitrogen and oxygen atoms in total. The number of rotatable bonds is 4. The Kier molecular flexibility index (Phi) is 3.64. The Morgan fingerprint density at radius 2 is 1.90 bits per heavy atom. The maximum Gasteiger partial charge on any atom is 0.251 e. The van der Waals surface area contributed by atoms with Gasteiger partial charge >= 0.3 is 0 Å². The van der Waals surface area contributed by atoms with E-state index in [1.165, 1.54) is 0 Å². The molecule has 0 bridgehead atoms. The molecule has 5 heteroatoms. The van der Waals surface area contributed by atoms with Crippen molar-refractivity contribution in [1.29, 1.82) is 0 Å². The van der Waals surface area contributed by atoms with Gasteiger partial charge in [-0.05, 0) is 35.9 Å². The van der Waals surface area contributed by atoms with E-state index in [2.05, 4.69) is 5.32 Å². The largest absolute Gasteiger partial charge is 0.497 e. The smallest absolute Gasteiger partial charge is 0.251 e. The molecule has 0 saturated heterocycles. The molecule has 2 aromatic rings. The second kappa shape index (κ2) is 5.75. The monoisotopic (exact) mass is 285 g/mol. The van der Waals surface area contributed by atoms with Crippen LogP contribution in [0.1, 0.15) is 15.9 Å². The molecule has 2 aromatic carbocycles. The summed E-state index contributed by atoms with van der Waals surface area (Å²) in [5.41, 5.74) is 1.55. The van der Waals surface area contributed by atoms with Crippen molar-refractivity contribution in [3.63, 3.8) is 0 Å². The van der Waals surface area contributed by atoms with Gasteiger partial charge in [-0.2, -0.15) is 0 Å². The van der Waals surface area contributed by atoms with Crippen molar-refractivity contribution < 1.29 is 19.0 Å². The Morgan fingerprint density at radius 1 is 1.14 bits per heavy atom. The summed E-state index contributed by atoms with van der Waals surface area (Å²) in [6.45, 7) is 0.656. The van der Waals surface area contributed by atoms with Crippen LogP contribution in [0.3, 0.4) is 0 Å². The summed E-state index contributed by atoms with van der Waals surface area (Å²) in [5.74, 6) is 1.92. The molecule has 0 unspecified atom stereocenters. The molecule has 1 aliphatic rings.